The lowest BCUT2D eigenvalue weighted by atomic mass is 10.1. The summed E-state index contributed by atoms with van der Waals surface area (Å²) in [4.78, 5) is 20.2. The van der Waals surface area contributed by atoms with Crippen molar-refractivity contribution in [2.75, 3.05) is 0 Å². The molecule has 5 aromatic rings. The van der Waals surface area contributed by atoms with Crippen molar-refractivity contribution >= 4 is 40.9 Å². The van der Waals surface area contributed by atoms with Crippen LogP contribution in [0.3, 0.4) is 0 Å². The molecule has 0 fully saturated rings. The van der Waals surface area contributed by atoms with Gasteiger partial charge in [0.2, 0.25) is 0 Å². The second-order valence-corrected chi connectivity index (χ2v) is 10.1. The number of hydrogen-bond acceptors (Lipinski definition) is 7. The van der Waals surface area contributed by atoms with Crippen molar-refractivity contribution in [3.63, 3.8) is 0 Å². The highest BCUT2D eigenvalue weighted by Gasteiger charge is 2.02. The van der Waals surface area contributed by atoms with E-state index in [0.29, 0.717) is 23.7 Å². The molecule has 50 heavy (non-hydrogen) atoms. The molecule has 0 aliphatic carbocycles. The van der Waals surface area contributed by atoms with Crippen molar-refractivity contribution in [3.05, 3.63) is 176 Å². The Labute approximate surface area is 292 Å². The van der Waals surface area contributed by atoms with E-state index in [-0.39, 0.29) is 17.5 Å². The van der Waals surface area contributed by atoms with Crippen LogP contribution < -0.4 is 0 Å². The number of fused-ring (bicyclic) bond motifs is 1. The van der Waals surface area contributed by atoms with Gasteiger partial charge in [-0.25, -0.2) is 9.59 Å². The van der Waals surface area contributed by atoms with Gasteiger partial charge in [0.25, 0.3) is 0 Å². The Balaban J connectivity index is 0.000000322. The van der Waals surface area contributed by atoms with E-state index in [0.717, 1.165) is 39.1 Å². The topological polar surface area (TPSA) is 145 Å². The summed E-state index contributed by atoms with van der Waals surface area (Å²) in [6, 6.07) is 32.3. The Morgan fingerprint density at radius 1 is 0.620 bits per heavy atom. The fourth-order valence-electron chi connectivity index (χ4n) is 3.50. The van der Waals surface area contributed by atoms with Crippen LogP contribution in [0.1, 0.15) is 29.2 Å². The largest absolute Gasteiger partial charge is 0.508 e. The van der Waals surface area contributed by atoms with E-state index >= 15 is 0 Å². The molecule has 0 amide bonds. The first-order valence-corrected chi connectivity index (χ1v) is 15.0. The van der Waals surface area contributed by atoms with Crippen molar-refractivity contribution in [2.45, 2.75) is 13.5 Å². The maximum absolute atomic E-state index is 11.0. The number of hydrogen-bond donors (Lipinski definition) is 5. The molecule has 0 saturated carbocycles. The second-order valence-electron chi connectivity index (χ2n) is 10.1. The molecule has 0 spiro atoms. The van der Waals surface area contributed by atoms with Gasteiger partial charge in [0.05, 0.1) is 0 Å². The predicted molar refractivity (Wildman–Crippen MR) is 203 cm³/mol. The third-order valence-corrected chi connectivity index (χ3v) is 6.18. The first-order chi connectivity index (χ1) is 23.8. The first-order valence-electron chi connectivity index (χ1n) is 15.0. The highest BCUT2D eigenvalue weighted by Crippen LogP contribution is 2.25. The number of aromatic hydroxyl groups is 4. The minimum Gasteiger partial charge on any atom is -0.508 e. The Morgan fingerprint density at radius 2 is 1.10 bits per heavy atom. The molecule has 0 atom stereocenters. The van der Waals surface area contributed by atoms with Crippen molar-refractivity contribution in [2.24, 2.45) is 0 Å². The van der Waals surface area contributed by atoms with Gasteiger partial charge >= 0.3 is 11.9 Å². The average Bonchev–Trinajstić information content (AvgIpc) is 3.13. The number of carbonyl (C=O) groups is 2. The highest BCUT2D eigenvalue weighted by atomic mass is 16.5. The van der Waals surface area contributed by atoms with Crippen molar-refractivity contribution in [1.82, 2.24) is 0 Å². The zero-order valence-electron chi connectivity index (χ0n) is 27.9. The molecule has 0 radical (unpaired) electrons. The van der Waals surface area contributed by atoms with Gasteiger partial charge in [-0.2, -0.15) is 0 Å². The Bertz CT molecular complexity index is 1870. The van der Waals surface area contributed by atoms with Crippen molar-refractivity contribution in [3.8, 4) is 23.0 Å². The lowest BCUT2D eigenvalue weighted by Crippen LogP contribution is -2.04. The summed E-state index contributed by atoms with van der Waals surface area (Å²) in [6.45, 7) is 19.2. The van der Waals surface area contributed by atoms with Crippen LogP contribution in [0.4, 0.5) is 0 Å². The van der Waals surface area contributed by atoms with Crippen LogP contribution in [-0.4, -0.2) is 37.5 Å². The van der Waals surface area contributed by atoms with Crippen LogP contribution in [0.25, 0.3) is 29.0 Å². The molecular formula is C42H42O8. The van der Waals surface area contributed by atoms with E-state index in [1.165, 1.54) is 12.1 Å². The summed E-state index contributed by atoms with van der Waals surface area (Å²) in [5.41, 5.74) is 4.31. The van der Waals surface area contributed by atoms with E-state index in [2.05, 4.69) is 32.9 Å². The maximum Gasteiger partial charge on any atom is 0.333 e. The number of carboxylic acid groups (broad SMARTS) is 1. The predicted octanol–water partition coefficient (Wildman–Crippen LogP) is 9.53. The minimum absolute atomic E-state index is 0.106. The summed E-state index contributed by atoms with van der Waals surface area (Å²) in [7, 11) is 0. The quantitative estimate of drug-likeness (QED) is 0.0652. The second kappa shape index (κ2) is 22.7. The molecule has 5 N–H and O–H groups in total. The highest BCUT2D eigenvalue weighted by molar-refractivity contribution is 5.87. The molecule has 258 valence electrons. The molecule has 8 heteroatoms. The number of rotatable bonds is 7. The van der Waals surface area contributed by atoms with Gasteiger partial charge in [0.1, 0.15) is 18.1 Å². The number of carboxylic acids is 1. The summed E-state index contributed by atoms with van der Waals surface area (Å²) >= 11 is 0. The van der Waals surface area contributed by atoms with Gasteiger partial charge in [-0.15, -0.1) is 0 Å². The number of aliphatic carboxylic acids is 1. The molecule has 0 aromatic heterocycles. The van der Waals surface area contributed by atoms with Gasteiger partial charge in [0, 0.05) is 11.6 Å². The van der Waals surface area contributed by atoms with Crippen molar-refractivity contribution in [1.29, 1.82) is 0 Å². The Hall–Kier alpha value is -6.80. The minimum atomic E-state index is -0.981. The van der Waals surface area contributed by atoms with Crippen LogP contribution in [-0.2, 0) is 20.9 Å². The molecule has 0 aliphatic heterocycles. The van der Waals surface area contributed by atoms with E-state index < -0.39 is 5.97 Å². The fourth-order valence-corrected chi connectivity index (χ4v) is 3.50. The molecule has 0 aliphatic rings. The average molecular weight is 675 g/mol. The Morgan fingerprint density at radius 3 is 1.62 bits per heavy atom. The lowest BCUT2D eigenvalue weighted by Gasteiger charge is -2.03. The third kappa shape index (κ3) is 16.7. The van der Waals surface area contributed by atoms with Gasteiger partial charge in [-0.3, -0.25) is 0 Å². The fraction of sp³-hybridized carbons (Fsp3) is 0.0476. The molecule has 8 nitrogen and oxygen atoms in total. The summed E-state index contributed by atoms with van der Waals surface area (Å²) in [6.07, 6.45) is 5.98. The van der Waals surface area contributed by atoms with Crippen LogP contribution in [0, 0.1) is 0 Å². The summed E-state index contributed by atoms with van der Waals surface area (Å²) < 4.78 is 4.95. The standard InChI is InChI=1S/C12H10O.C11H12O2.C8H8O2.C8H8O.C3H4O2/c1-2-9-3-4-11-8-12(13)6-5-10(11)7-9;1-9(2)11(12)13-8-10-6-4-3-5-7-10;1-2-6-3-4-7(9)8(10)5-6;1-2-7-3-5-8(9)6-4-7;1-2-3(4)5/h2-8,13H,1H2;3-7H,1,8H2,2H3;2-5,9-10H,1H2;2-6,9H,1H2;2H,1H2,(H,4,5). The smallest absolute Gasteiger partial charge is 0.333 e. The Kier molecular flexibility index (Phi) is 18.7. The number of ether oxygens (including phenoxy) is 1. The maximum atomic E-state index is 11.0. The normalized spacial score (nSPS) is 9.14. The number of esters is 1. The molecule has 5 aromatic carbocycles. The van der Waals surface area contributed by atoms with E-state index in [9.17, 15) is 14.7 Å². The van der Waals surface area contributed by atoms with Crippen LogP contribution >= 0.6 is 0 Å². The number of benzene rings is 5. The van der Waals surface area contributed by atoms with Crippen LogP contribution in [0.2, 0.25) is 0 Å². The molecular weight excluding hydrogens is 632 g/mol. The van der Waals surface area contributed by atoms with Crippen LogP contribution in [0.5, 0.6) is 23.0 Å². The molecule has 0 saturated heterocycles. The van der Waals surface area contributed by atoms with Gasteiger partial charge in [0.15, 0.2) is 11.5 Å². The first kappa shape index (κ1) is 41.2. The van der Waals surface area contributed by atoms with Crippen molar-refractivity contribution < 1.29 is 39.9 Å². The zero-order valence-corrected chi connectivity index (χ0v) is 27.9. The summed E-state index contributed by atoms with van der Waals surface area (Å²) in [5.74, 6) is -0.948. The monoisotopic (exact) mass is 674 g/mol. The van der Waals surface area contributed by atoms with E-state index in [1.54, 1.807) is 49.4 Å². The molecule has 5 rings (SSSR count). The van der Waals surface area contributed by atoms with E-state index in [4.69, 9.17) is 25.2 Å². The lowest BCUT2D eigenvalue weighted by molar-refractivity contribution is -0.140. The van der Waals surface area contributed by atoms with Gasteiger partial charge in [-0.05, 0) is 82.4 Å². The van der Waals surface area contributed by atoms with Gasteiger partial charge in [-0.1, -0.05) is 118 Å². The zero-order chi connectivity index (χ0) is 37.5. The SMILES string of the molecule is C=C(C)C(=O)OCc1ccccc1.C=CC(=O)O.C=Cc1ccc(O)c(O)c1.C=Cc1ccc(O)cc1.C=Cc1ccc2cc(O)ccc2c1. The molecule has 0 bridgehead atoms. The molecule has 0 heterocycles. The van der Waals surface area contributed by atoms with E-state index in [1.807, 2.05) is 72.8 Å². The summed E-state index contributed by atoms with van der Waals surface area (Å²) in [5, 5.41) is 45.6. The number of phenolic OH excluding ortho intramolecular Hbond substituents is 4. The number of phenols is 4. The van der Waals surface area contributed by atoms with Gasteiger partial charge < -0.3 is 30.3 Å². The van der Waals surface area contributed by atoms with Crippen LogP contribution in [0.15, 0.2) is 154 Å². The molecule has 0 unspecified atom stereocenters. The number of carbonyl (C=O) groups excluding carboxylic acids is 1. The third-order valence-electron chi connectivity index (χ3n) is 6.18.